The third-order valence-electron chi connectivity index (χ3n) is 2.59. The Morgan fingerprint density at radius 3 is 2.64 bits per heavy atom. The Bertz CT molecular complexity index is 524. The molecular formula is C10H14N4. The smallest absolute Gasteiger partial charge is 0.186 e. The van der Waals surface area contributed by atoms with E-state index in [2.05, 4.69) is 29.1 Å². The van der Waals surface area contributed by atoms with E-state index < -0.39 is 0 Å². The van der Waals surface area contributed by atoms with Crippen LogP contribution in [0.4, 0.5) is 0 Å². The summed E-state index contributed by atoms with van der Waals surface area (Å²) >= 11 is 0. The second-order valence-electron chi connectivity index (χ2n) is 3.58. The molecule has 4 heteroatoms. The highest BCUT2D eigenvalue weighted by molar-refractivity contribution is 5.54. The van der Waals surface area contributed by atoms with Gasteiger partial charge in [-0.15, -0.1) is 10.2 Å². The van der Waals surface area contributed by atoms with E-state index in [4.69, 9.17) is 0 Å². The van der Waals surface area contributed by atoms with Crippen molar-refractivity contribution in [2.24, 2.45) is 0 Å². The van der Waals surface area contributed by atoms with Gasteiger partial charge in [-0.3, -0.25) is 0 Å². The molecule has 0 aromatic carbocycles. The van der Waals surface area contributed by atoms with Crippen LogP contribution in [0.25, 0.3) is 11.2 Å². The summed E-state index contributed by atoms with van der Waals surface area (Å²) in [4.78, 5) is 0. The first kappa shape index (κ1) is 9.12. The zero-order chi connectivity index (χ0) is 10.3. The van der Waals surface area contributed by atoms with Gasteiger partial charge in [-0.05, 0) is 27.2 Å². The third-order valence-corrected chi connectivity index (χ3v) is 2.59. The summed E-state index contributed by atoms with van der Waals surface area (Å²) in [6, 6.07) is 0. The first-order valence-electron chi connectivity index (χ1n) is 4.83. The van der Waals surface area contributed by atoms with Crippen molar-refractivity contribution in [3.05, 3.63) is 16.7 Å². The average molecular weight is 190 g/mol. The zero-order valence-corrected chi connectivity index (χ0v) is 9.00. The van der Waals surface area contributed by atoms with Crippen LogP contribution in [0, 0.1) is 13.8 Å². The molecule has 0 saturated heterocycles. The van der Waals surface area contributed by atoms with Crippen molar-refractivity contribution in [3.8, 4) is 0 Å². The van der Waals surface area contributed by atoms with Gasteiger partial charge >= 0.3 is 0 Å². The van der Waals surface area contributed by atoms with Crippen molar-refractivity contribution in [3.63, 3.8) is 0 Å². The van der Waals surface area contributed by atoms with Crippen LogP contribution < -0.4 is 5.22 Å². The summed E-state index contributed by atoms with van der Waals surface area (Å²) in [5.41, 5.74) is 3.24. The summed E-state index contributed by atoms with van der Waals surface area (Å²) in [6.45, 7) is 8.19. The van der Waals surface area contributed by atoms with Crippen LogP contribution >= 0.6 is 0 Å². The number of fused-ring (bicyclic) bond motifs is 1. The summed E-state index contributed by atoms with van der Waals surface area (Å²) in [6.07, 6.45) is 1.02. The molecule has 74 valence electrons. The Balaban J connectivity index is 2.95. The highest BCUT2D eigenvalue weighted by atomic mass is 15.4. The second kappa shape index (κ2) is 3.04. The van der Waals surface area contributed by atoms with Gasteiger partial charge in [-0.2, -0.15) is 9.61 Å². The fourth-order valence-electron chi connectivity index (χ4n) is 1.67. The number of nitrogens with zero attached hydrogens (tertiary/aromatic N) is 4. The molecule has 0 aliphatic heterocycles. The molecule has 0 N–H and O–H groups in total. The summed E-state index contributed by atoms with van der Waals surface area (Å²) in [5, 5.41) is 13.7. The first-order valence-corrected chi connectivity index (χ1v) is 4.83. The standard InChI is InChI=1S/C10H14N4/c1-5-6(2)9-7(3)13-14-8(4)11-12-10(9)14/h5H2,1-4H3/b9-6-. The molecule has 0 saturated carbocycles. The van der Waals surface area contributed by atoms with Gasteiger partial charge in [0, 0.05) is 5.22 Å². The normalized spacial score (nSPS) is 13.7. The Hall–Kier alpha value is -1.45. The quantitative estimate of drug-likeness (QED) is 0.674. The van der Waals surface area contributed by atoms with Gasteiger partial charge in [0.15, 0.2) is 11.5 Å². The fraction of sp³-hybridized carbons (Fsp3) is 0.500. The molecular weight excluding hydrogens is 176 g/mol. The molecule has 2 aromatic rings. The molecule has 0 spiro atoms. The van der Waals surface area contributed by atoms with Gasteiger partial charge in [-0.1, -0.05) is 12.5 Å². The number of hydrogen-bond donors (Lipinski definition) is 0. The van der Waals surface area contributed by atoms with Crippen LogP contribution in [0.2, 0.25) is 0 Å². The molecule has 0 bridgehead atoms. The maximum atomic E-state index is 4.41. The Morgan fingerprint density at radius 2 is 2.00 bits per heavy atom. The van der Waals surface area contributed by atoms with Crippen molar-refractivity contribution in [2.75, 3.05) is 0 Å². The molecule has 0 atom stereocenters. The highest BCUT2D eigenvalue weighted by Crippen LogP contribution is 2.03. The molecule has 0 aliphatic carbocycles. The van der Waals surface area contributed by atoms with E-state index in [9.17, 15) is 0 Å². The van der Waals surface area contributed by atoms with Crippen molar-refractivity contribution >= 4 is 11.2 Å². The largest absolute Gasteiger partial charge is 0.197 e. The minimum absolute atomic E-state index is 0.846. The minimum atomic E-state index is 0.846. The molecule has 0 fully saturated rings. The van der Waals surface area contributed by atoms with Gasteiger partial charge in [0.1, 0.15) is 0 Å². The van der Waals surface area contributed by atoms with Crippen LogP contribution in [0.1, 0.15) is 31.8 Å². The van der Waals surface area contributed by atoms with Gasteiger partial charge in [-0.25, -0.2) is 0 Å². The van der Waals surface area contributed by atoms with Crippen molar-refractivity contribution in [2.45, 2.75) is 34.1 Å². The zero-order valence-electron chi connectivity index (χ0n) is 9.00. The number of rotatable bonds is 1. The molecule has 14 heavy (non-hydrogen) atoms. The lowest BCUT2D eigenvalue weighted by Crippen LogP contribution is -2.07. The average Bonchev–Trinajstić information content (AvgIpc) is 2.65. The maximum Gasteiger partial charge on any atom is 0.186 e. The van der Waals surface area contributed by atoms with Crippen LogP contribution in [0.15, 0.2) is 0 Å². The summed E-state index contributed by atoms with van der Waals surface area (Å²) in [7, 11) is 0. The molecule has 4 nitrogen and oxygen atoms in total. The summed E-state index contributed by atoms with van der Waals surface area (Å²) in [5.74, 6) is 0.846. The first-order chi connectivity index (χ1) is 6.65. The molecule has 0 unspecified atom stereocenters. The lowest BCUT2D eigenvalue weighted by Gasteiger charge is -1.91. The Morgan fingerprint density at radius 1 is 1.29 bits per heavy atom. The Kier molecular flexibility index (Phi) is 1.98. The van der Waals surface area contributed by atoms with E-state index in [-0.39, 0.29) is 0 Å². The van der Waals surface area contributed by atoms with E-state index in [1.165, 1.54) is 5.57 Å². The van der Waals surface area contributed by atoms with Crippen LogP contribution in [-0.4, -0.2) is 19.8 Å². The van der Waals surface area contributed by atoms with E-state index in [0.29, 0.717) is 0 Å². The Labute approximate surface area is 82.6 Å². The monoisotopic (exact) mass is 190 g/mol. The van der Waals surface area contributed by atoms with Crippen LogP contribution in [0.5, 0.6) is 0 Å². The van der Waals surface area contributed by atoms with Gasteiger partial charge < -0.3 is 0 Å². The minimum Gasteiger partial charge on any atom is -0.197 e. The van der Waals surface area contributed by atoms with Crippen LogP contribution in [0.3, 0.4) is 0 Å². The topological polar surface area (TPSA) is 43.1 Å². The van der Waals surface area contributed by atoms with Crippen molar-refractivity contribution < 1.29 is 0 Å². The van der Waals surface area contributed by atoms with E-state index in [0.717, 1.165) is 28.8 Å². The fourth-order valence-corrected chi connectivity index (χ4v) is 1.67. The van der Waals surface area contributed by atoms with E-state index in [1.807, 2.05) is 18.4 Å². The van der Waals surface area contributed by atoms with E-state index in [1.54, 1.807) is 0 Å². The molecule has 2 heterocycles. The number of aromatic nitrogens is 4. The molecule has 0 aliphatic rings. The molecule has 0 radical (unpaired) electrons. The van der Waals surface area contributed by atoms with Crippen LogP contribution in [-0.2, 0) is 0 Å². The van der Waals surface area contributed by atoms with Gasteiger partial charge in [0.25, 0.3) is 0 Å². The van der Waals surface area contributed by atoms with Gasteiger partial charge in [0.2, 0.25) is 0 Å². The molecule has 2 aromatic heterocycles. The highest BCUT2D eigenvalue weighted by Gasteiger charge is 2.09. The lowest BCUT2D eigenvalue weighted by atomic mass is 10.1. The summed E-state index contributed by atoms with van der Waals surface area (Å²) < 4.78 is 1.81. The number of hydrogen-bond acceptors (Lipinski definition) is 3. The number of aryl methyl sites for hydroxylation is 2. The SMILES string of the molecule is CC/C(C)=c1/c(C)nn2c(C)nnc12. The third kappa shape index (κ3) is 1.10. The predicted molar refractivity (Wildman–Crippen MR) is 54.8 cm³/mol. The maximum absolute atomic E-state index is 4.41. The molecule has 0 amide bonds. The predicted octanol–water partition coefficient (Wildman–Crippen LogP) is 1.04. The van der Waals surface area contributed by atoms with E-state index >= 15 is 0 Å². The lowest BCUT2D eigenvalue weighted by molar-refractivity contribution is 0.875. The second-order valence-corrected chi connectivity index (χ2v) is 3.58. The van der Waals surface area contributed by atoms with Gasteiger partial charge in [0.05, 0.1) is 5.69 Å². The van der Waals surface area contributed by atoms with Crippen molar-refractivity contribution in [1.82, 2.24) is 19.8 Å². The molecule has 2 rings (SSSR count). The van der Waals surface area contributed by atoms with Crippen molar-refractivity contribution in [1.29, 1.82) is 0 Å².